The Hall–Kier alpha value is -3.26. The van der Waals surface area contributed by atoms with Crippen LogP contribution in [0.1, 0.15) is 19.0 Å². The monoisotopic (exact) mass is 376 g/mol. The molecular weight excluding hydrogens is 352 g/mol. The van der Waals surface area contributed by atoms with E-state index >= 15 is 0 Å². The number of rotatable bonds is 2. The lowest BCUT2D eigenvalue weighted by Gasteiger charge is -2.10. The first-order valence-corrected chi connectivity index (χ1v) is 10.5. The first-order valence-electron chi connectivity index (χ1n) is 10.5. The molecule has 2 heterocycles. The first kappa shape index (κ1) is 16.7. The highest BCUT2D eigenvalue weighted by atomic mass is 14.9. The average molecular weight is 377 g/mol. The second-order valence-electron chi connectivity index (χ2n) is 8.36. The van der Waals surface area contributed by atoms with Crippen LogP contribution in [0.3, 0.4) is 0 Å². The number of hydrogen-bond donors (Lipinski definition) is 0. The van der Waals surface area contributed by atoms with Crippen molar-refractivity contribution in [3.63, 3.8) is 0 Å². The molecule has 2 nitrogen and oxygen atoms in total. The minimum atomic E-state index is 1.12. The summed E-state index contributed by atoms with van der Waals surface area (Å²) in [5.41, 5.74) is 4.03. The summed E-state index contributed by atoms with van der Waals surface area (Å²) in [6.07, 6.45) is 4.44. The Morgan fingerprint density at radius 1 is 0.621 bits per heavy atom. The fourth-order valence-electron chi connectivity index (χ4n) is 5.03. The molecule has 142 valence electrons. The van der Waals surface area contributed by atoms with Crippen LogP contribution in [0, 0.1) is 0 Å². The molecule has 6 aromatic rings. The Bertz CT molecular complexity index is 1580. The maximum absolute atomic E-state index is 2.39. The predicted molar refractivity (Wildman–Crippen MR) is 126 cm³/mol. The highest BCUT2D eigenvalue weighted by Gasteiger charge is 2.11. The number of nitrogens with zero attached hydrogens (tertiary/aromatic N) is 2. The fraction of sp³-hybridized carbons (Fsp3) is 0.185. The average Bonchev–Trinajstić information content (AvgIpc) is 3.24. The summed E-state index contributed by atoms with van der Waals surface area (Å²) in [4.78, 5) is 0. The molecule has 0 saturated heterocycles. The van der Waals surface area contributed by atoms with E-state index in [0.717, 1.165) is 6.42 Å². The van der Waals surface area contributed by atoms with E-state index in [0.29, 0.717) is 0 Å². The normalized spacial score (nSPS) is 12.2. The van der Waals surface area contributed by atoms with Crippen molar-refractivity contribution < 1.29 is 0 Å². The van der Waals surface area contributed by atoms with Crippen LogP contribution in [0.5, 0.6) is 0 Å². The largest absolute Gasteiger partial charge is 0.351 e. The van der Waals surface area contributed by atoms with Crippen LogP contribution in [-0.2, 0) is 20.5 Å². The van der Waals surface area contributed by atoms with Gasteiger partial charge in [-0.1, -0.05) is 37.6 Å². The second-order valence-corrected chi connectivity index (χ2v) is 8.36. The number of hydrogen-bond acceptors (Lipinski definition) is 0. The third-order valence-corrected chi connectivity index (χ3v) is 6.61. The summed E-state index contributed by atoms with van der Waals surface area (Å²) in [5, 5.41) is 10.6. The number of fused-ring (bicyclic) bond motifs is 7. The van der Waals surface area contributed by atoms with Gasteiger partial charge in [-0.25, -0.2) is 0 Å². The number of benzene rings is 4. The Morgan fingerprint density at radius 3 is 1.97 bits per heavy atom. The molecule has 29 heavy (non-hydrogen) atoms. The molecule has 0 bridgehead atoms. The molecule has 0 unspecified atom stereocenters. The van der Waals surface area contributed by atoms with Crippen LogP contribution >= 0.6 is 0 Å². The van der Waals surface area contributed by atoms with Crippen LogP contribution in [0.4, 0.5) is 0 Å². The van der Waals surface area contributed by atoms with Gasteiger partial charge in [0.2, 0.25) is 0 Å². The number of aryl methyl sites for hydroxylation is 3. The van der Waals surface area contributed by atoms with E-state index < -0.39 is 0 Å². The summed E-state index contributed by atoms with van der Waals surface area (Å²) < 4.78 is 4.57. The van der Waals surface area contributed by atoms with Gasteiger partial charge in [0.15, 0.2) is 0 Å². The van der Waals surface area contributed by atoms with E-state index in [1.54, 1.807) is 0 Å². The summed E-state index contributed by atoms with van der Waals surface area (Å²) in [5.74, 6) is 0. The van der Waals surface area contributed by atoms with Gasteiger partial charge < -0.3 is 9.13 Å². The fourth-order valence-corrected chi connectivity index (χ4v) is 5.03. The zero-order chi connectivity index (χ0) is 19.7. The van der Waals surface area contributed by atoms with Crippen molar-refractivity contribution in [1.82, 2.24) is 9.13 Å². The van der Waals surface area contributed by atoms with Crippen LogP contribution in [0.25, 0.3) is 54.1 Å². The molecule has 0 saturated carbocycles. The molecule has 0 aliphatic carbocycles. The Balaban J connectivity index is 1.72. The lowest BCUT2D eigenvalue weighted by molar-refractivity contribution is 0.805. The Kier molecular flexibility index (Phi) is 3.37. The molecule has 6 rings (SSSR count). The Labute approximate surface area is 170 Å². The van der Waals surface area contributed by atoms with Gasteiger partial charge >= 0.3 is 0 Å². The molecule has 0 aliphatic heterocycles. The number of aromatic nitrogens is 2. The van der Waals surface area contributed by atoms with Crippen molar-refractivity contribution in [3.8, 4) is 0 Å². The van der Waals surface area contributed by atoms with Crippen LogP contribution in [0.2, 0.25) is 0 Å². The van der Waals surface area contributed by atoms with Gasteiger partial charge in [0.05, 0.1) is 0 Å². The van der Waals surface area contributed by atoms with Crippen molar-refractivity contribution in [3.05, 3.63) is 72.6 Å². The van der Waals surface area contributed by atoms with Crippen LogP contribution < -0.4 is 0 Å². The van der Waals surface area contributed by atoms with Gasteiger partial charge in [-0.05, 0) is 75.1 Å². The van der Waals surface area contributed by atoms with Gasteiger partial charge in [0, 0.05) is 47.8 Å². The molecule has 0 radical (unpaired) electrons. The summed E-state index contributed by atoms with van der Waals surface area (Å²) in [6.45, 7) is 2.25. The van der Waals surface area contributed by atoms with Gasteiger partial charge in [0.25, 0.3) is 0 Å². The summed E-state index contributed by atoms with van der Waals surface area (Å²) in [7, 11) is 4.32. The summed E-state index contributed by atoms with van der Waals surface area (Å²) in [6, 6.07) is 23.1. The minimum absolute atomic E-state index is 1.12. The molecule has 0 spiro atoms. The third-order valence-electron chi connectivity index (χ3n) is 6.61. The third kappa shape index (κ3) is 2.29. The van der Waals surface area contributed by atoms with E-state index in [9.17, 15) is 0 Å². The minimum Gasteiger partial charge on any atom is -0.351 e. The van der Waals surface area contributed by atoms with Crippen molar-refractivity contribution in [2.45, 2.75) is 19.8 Å². The van der Waals surface area contributed by atoms with Crippen molar-refractivity contribution in [2.75, 3.05) is 0 Å². The van der Waals surface area contributed by atoms with Crippen molar-refractivity contribution >= 4 is 54.1 Å². The molecule has 2 aromatic heterocycles. The van der Waals surface area contributed by atoms with E-state index in [2.05, 4.69) is 97.0 Å². The highest BCUT2D eigenvalue weighted by Crippen LogP contribution is 2.35. The summed E-state index contributed by atoms with van der Waals surface area (Å²) >= 11 is 0. The highest BCUT2D eigenvalue weighted by molar-refractivity contribution is 6.20. The molecule has 0 atom stereocenters. The standard InChI is InChI=1S/C27H24N2/c1-4-5-21-14-20-13-18-7-9-22-23(25(18)16-27(20)29(21)3)8-6-17-12-19-10-11-28(2)26(19)15-24(17)22/h6-16H,4-5H2,1-3H3. The molecule has 4 aromatic carbocycles. The smallest absolute Gasteiger partial charge is 0.0486 e. The van der Waals surface area contributed by atoms with Crippen LogP contribution in [0.15, 0.2) is 66.9 Å². The maximum Gasteiger partial charge on any atom is 0.0486 e. The van der Waals surface area contributed by atoms with Gasteiger partial charge in [0.1, 0.15) is 0 Å². The van der Waals surface area contributed by atoms with E-state index in [1.807, 2.05) is 0 Å². The van der Waals surface area contributed by atoms with Gasteiger partial charge in [-0.15, -0.1) is 0 Å². The molecular formula is C27H24N2. The van der Waals surface area contributed by atoms with Gasteiger partial charge in [-0.2, -0.15) is 0 Å². The Morgan fingerprint density at radius 2 is 1.28 bits per heavy atom. The van der Waals surface area contributed by atoms with Crippen molar-refractivity contribution in [2.24, 2.45) is 14.1 Å². The van der Waals surface area contributed by atoms with Crippen LogP contribution in [-0.4, -0.2) is 9.13 Å². The quantitative estimate of drug-likeness (QED) is 0.286. The topological polar surface area (TPSA) is 9.86 Å². The molecule has 0 aliphatic rings. The zero-order valence-corrected chi connectivity index (χ0v) is 17.2. The zero-order valence-electron chi connectivity index (χ0n) is 17.2. The lowest BCUT2D eigenvalue weighted by Crippen LogP contribution is -1.94. The van der Waals surface area contributed by atoms with E-state index in [-0.39, 0.29) is 0 Å². The van der Waals surface area contributed by atoms with E-state index in [1.165, 1.54) is 66.2 Å². The second kappa shape index (κ2) is 5.87. The lowest BCUT2D eigenvalue weighted by atomic mass is 9.95. The maximum atomic E-state index is 2.39. The molecule has 0 amide bonds. The van der Waals surface area contributed by atoms with Crippen molar-refractivity contribution in [1.29, 1.82) is 0 Å². The predicted octanol–water partition coefficient (Wildman–Crippen LogP) is 7.08. The molecule has 0 fully saturated rings. The first-order chi connectivity index (χ1) is 14.1. The van der Waals surface area contributed by atoms with E-state index in [4.69, 9.17) is 0 Å². The van der Waals surface area contributed by atoms with Gasteiger partial charge in [-0.3, -0.25) is 0 Å². The SMILES string of the molecule is CCCc1cc2cc3ccc4c5cc6c(ccn6C)cc5ccc4c3cc2n1C. The molecule has 2 heteroatoms. The molecule has 0 N–H and O–H groups in total.